The van der Waals surface area contributed by atoms with Crippen molar-refractivity contribution >= 4 is 16.7 Å². The Bertz CT molecular complexity index is 910. The summed E-state index contributed by atoms with van der Waals surface area (Å²) in [5.41, 5.74) is 0.0449. The van der Waals surface area contributed by atoms with Crippen molar-refractivity contribution in [3.63, 3.8) is 0 Å². The van der Waals surface area contributed by atoms with Crippen LogP contribution in [0, 0.1) is 10.8 Å². The highest BCUT2D eigenvalue weighted by molar-refractivity contribution is 5.98. The fourth-order valence-electron chi connectivity index (χ4n) is 2.69. The van der Waals surface area contributed by atoms with Gasteiger partial charge < -0.3 is 0 Å². The third kappa shape index (κ3) is 2.85. The third-order valence-electron chi connectivity index (χ3n) is 3.80. The second-order valence-corrected chi connectivity index (χ2v) is 5.27. The summed E-state index contributed by atoms with van der Waals surface area (Å²) < 4.78 is 13.6. The molecule has 0 radical (unpaired) electrons. The Hall–Kier alpha value is -2.96. The zero-order valence-corrected chi connectivity index (χ0v) is 12.0. The largest absolute Gasteiger partial charge is 0.319 e. The van der Waals surface area contributed by atoms with Crippen molar-refractivity contribution in [1.29, 1.82) is 0 Å². The lowest BCUT2D eigenvalue weighted by Crippen LogP contribution is -2.15. The van der Waals surface area contributed by atoms with Crippen molar-refractivity contribution in [3.8, 4) is 0 Å². The molecule has 0 spiro atoms. The van der Waals surface area contributed by atoms with Gasteiger partial charge in [0.25, 0.3) is 5.56 Å². The number of halogens is 1. The number of fused-ring (bicyclic) bond motifs is 1. The smallest absolute Gasteiger partial charge is 0.267 e. The first-order valence-electron chi connectivity index (χ1n) is 7.02. The molecule has 0 fully saturated rings. The van der Waals surface area contributed by atoms with Crippen LogP contribution in [0.5, 0.6) is 0 Å². The first kappa shape index (κ1) is 15.0. The Morgan fingerprint density at radius 3 is 2.83 bits per heavy atom. The van der Waals surface area contributed by atoms with Crippen LogP contribution in [0.2, 0.25) is 0 Å². The second-order valence-electron chi connectivity index (χ2n) is 5.27. The molecule has 0 saturated carbocycles. The fraction of sp³-hybridized carbons (Fsp3) is 0.188. The van der Waals surface area contributed by atoms with E-state index < -0.39 is 11.7 Å². The molecule has 1 unspecified atom stereocenters. The van der Waals surface area contributed by atoms with Crippen molar-refractivity contribution in [3.05, 3.63) is 68.8 Å². The number of aromatic nitrogens is 2. The normalized spacial score (nSPS) is 17.5. The molecule has 1 aliphatic rings. The first-order chi connectivity index (χ1) is 11.1. The number of nitrogens with zero attached hydrogens (tertiary/aromatic N) is 2. The van der Waals surface area contributed by atoms with Crippen LogP contribution in [-0.4, -0.2) is 16.1 Å². The highest BCUT2D eigenvalue weighted by Crippen LogP contribution is 2.28. The summed E-state index contributed by atoms with van der Waals surface area (Å²) in [6, 6.07) is 7.04. The number of H-pyrrole nitrogens is 1. The Morgan fingerprint density at radius 1 is 1.35 bits per heavy atom. The topological polar surface area (TPSA) is 92.2 Å². The summed E-state index contributed by atoms with van der Waals surface area (Å²) in [5, 5.41) is 9.99. The molecule has 6 nitrogen and oxygen atoms in total. The molecule has 0 saturated heterocycles. The molecule has 1 heterocycles. The molecule has 23 heavy (non-hydrogen) atoms. The lowest BCUT2D eigenvalue weighted by Gasteiger charge is -2.16. The van der Waals surface area contributed by atoms with Gasteiger partial charge in [0.05, 0.1) is 16.7 Å². The van der Waals surface area contributed by atoms with Gasteiger partial charge in [-0.2, -0.15) is 5.10 Å². The van der Waals surface area contributed by atoms with E-state index >= 15 is 0 Å². The number of hydrogen-bond donors (Lipinski definition) is 1. The number of hydrogen-bond acceptors (Lipinski definition) is 4. The molecule has 116 valence electrons. The number of nitroso groups, excluding NO2 is 1. The van der Waals surface area contributed by atoms with Gasteiger partial charge >= 0.3 is 5.91 Å². The van der Waals surface area contributed by atoms with Crippen LogP contribution in [0.25, 0.3) is 10.8 Å². The average molecular weight is 313 g/mol. The molecule has 7 heteroatoms. The van der Waals surface area contributed by atoms with E-state index in [1.165, 1.54) is 12.2 Å². The van der Waals surface area contributed by atoms with E-state index in [2.05, 4.69) is 15.4 Å². The molecule has 1 aliphatic carbocycles. The average Bonchev–Trinajstić information content (AvgIpc) is 2.58. The monoisotopic (exact) mass is 313 g/mol. The van der Waals surface area contributed by atoms with E-state index in [4.69, 9.17) is 0 Å². The standard InChI is InChI=1S/C16H12FN3O3/c17-13-6-5-9(7-12(13)16(22)20-23)8-14-10-3-1-2-4-11(10)15(21)19-18-14/h1-4,6-7,9H,5,8H2,(H,19,21). The molecule has 1 aromatic heterocycles. The quantitative estimate of drug-likeness (QED) is 0.881. The van der Waals surface area contributed by atoms with Crippen LogP contribution < -0.4 is 5.56 Å². The number of nitrogens with one attached hydrogen (secondary N) is 1. The van der Waals surface area contributed by atoms with Gasteiger partial charge in [0, 0.05) is 10.6 Å². The summed E-state index contributed by atoms with van der Waals surface area (Å²) in [6.07, 6.45) is 3.44. The van der Waals surface area contributed by atoms with Gasteiger partial charge in [-0.15, -0.1) is 4.91 Å². The van der Waals surface area contributed by atoms with Crippen molar-refractivity contribution < 1.29 is 9.18 Å². The van der Waals surface area contributed by atoms with Crippen LogP contribution in [-0.2, 0) is 11.2 Å². The van der Waals surface area contributed by atoms with E-state index in [1.54, 1.807) is 24.3 Å². The number of carbonyl (C=O) groups excluding carboxylic acids is 1. The summed E-state index contributed by atoms with van der Waals surface area (Å²) >= 11 is 0. The highest BCUT2D eigenvalue weighted by Gasteiger charge is 2.23. The Kier molecular flexibility index (Phi) is 3.92. The Morgan fingerprint density at radius 2 is 2.09 bits per heavy atom. The predicted molar refractivity (Wildman–Crippen MR) is 82.3 cm³/mol. The maximum atomic E-state index is 13.6. The number of amides is 1. The zero-order valence-electron chi connectivity index (χ0n) is 12.0. The summed E-state index contributed by atoms with van der Waals surface area (Å²) in [6.45, 7) is 0. The van der Waals surface area contributed by atoms with E-state index in [9.17, 15) is 18.9 Å². The first-order valence-corrected chi connectivity index (χ1v) is 7.02. The van der Waals surface area contributed by atoms with Gasteiger partial charge in [-0.3, -0.25) is 9.59 Å². The Balaban J connectivity index is 1.96. The minimum absolute atomic E-state index is 0.211. The number of allylic oxidation sites excluding steroid dienone is 2. The predicted octanol–water partition coefficient (Wildman–Crippen LogP) is 2.56. The second kappa shape index (κ2) is 6.04. The summed E-state index contributed by atoms with van der Waals surface area (Å²) in [7, 11) is 0. The summed E-state index contributed by atoms with van der Waals surface area (Å²) in [5.74, 6) is -2.06. The van der Waals surface area contributed by atoms with E-state index in [-0.39, 0.29) is 17.1 Å². The zero-order chi connectivity index (χ0) is 16.4. The minimum Gasteiger partial charge on any atom is -0.267 e. The van der Waals surface area contributed by atoms with E-state index in [0.29, 0.717) is 29.3 Å². The maximum Gasteiger partial charge on any atom is 0.319 e. The molecular formula is C16H12FN3O3. The van der Waals surface area contributed by atoms with Gasteiger partial charge in [0.15, 0.2) is 0 Å². The van der Waals surface area contributed by atoms with E-state index in [1.807, 2.05) is 0 Å². The highest BCUT2D eigenvalue weighted by atomic mass is 19.1. The van der Waals surface area contributed by atoms with Gasteiger partial charge in [-0.25, -0.2) is 9.49 Å². The van der Waals surface area contributed by atoms with Gasteiger partial charge in [0.2, 0.25) is 0 Å². The lowest BCUT2D eigenvalue weighted by atomic mass is 9.90. The van der Waals surface area contributed by atoms with Gasteiger partial charge in [-0.05, 0) is 30.9 Å². The minimum atomic E-state index is -1.12. The van der Waals surface area contributed by atoms with Crippen LogP contribution in [0.4, 0.5) is 4.39 Å². The Labute approximate surface area is 129 Å². The van der Waals surface area contributed by atoms with Gasteiger partial charge in [-0.1, -0.05) is 24.3 Å². The molecule has 0 bridgehead atoms. The van der Waals surface area contributed by atoms with Gasteiger partial charge in [0.1, 0.15) is 5.83 Å². The number of carbonyl (C=O) groups is 1. The molecular weight excluding hydrogens is 301 g/mol. The van der Waals surface area contributed by atoms with Crippen LogP contribution >= 0.6 is 0 Å². The lowest BCUT2D eigenvalue weighted by molar-refractivity contribution is -0.114. The van der Waals surface area contributed by atoms with Crippen molar-refractivity contribution in [2.75, 3.05) is 0 Å². The third-order valence-corrected chi connectivity index (χ3v) is 3.80. The van der Waals surface area contributed by atoms with Crippen molar-refractivity contribution in [2.45, 2.75) is 12.8 Å². The van der Waals surface area contributed by atoms with Crippen LogP contribution in [0.1, 0.15) is 12.1 Å². The van der Waals surface area contributed by atoms with Crippen molar-refractivity contribution in [1.82, 2.24) is 10.2 Å². The van der Waals surface area contributed by atoms with Crippen LogP contribution in [0.15, 0.2) is 57.8 Å². The fourth-order valence-corrected chi connectivity index (χ4v) is 2.69. The molecule has 2 aromatic rings. The van der Waals surface area contributed by atoms with E-state index in [0.717, 1.165) is 0 Å². The molecule has 0 aliphatic heterocycles. The molecule has 1 amide bonds. The number of rotatable bonds is 3. The molecule has 1 atom stereocenters. The molecule has 3 rings (SSSR count). The molecule has 1 N–H and O–H groups in total. The summed E-state index contributed by atoms with van der Waals surface area (Å²) in [4.78, 5) is 33.4. The SMILES string of the molecule is O=NC(=O)C1=CC(Cc2n[nH]c(=O)c3ccccc23)CC=C1F. The van der Waals surface area contributed by atoms with Crippen molar-refractivity contribution in [2.24, 2.45) is 11.1 Å². The maximum absolute atomic E-state index is 13.6. The number of aromatic amines is 1. The molecule has 1 aromatic carbocycles. The van der Waals surface area contributed by atoms with Crippen LogP contribution in [0.3, 0.4) is 0 Å². The number of benzene rings is 1.